The summed E-state index contributed by atoms with van der Waals surface area (Å²) in [4.78, 5) is 39.8. The molecule has 2 aliphatic heterocycles. The molecule has 0 bridgehead atoms. The van der Waals surface area contributed by atoms with Gasteiger partial charge in [-0.05, 0) is 41.8 Å². The monoisotopic (exact) mass is 683 g/mol. The van der Waals surface area contributed by atoms with E-state index in [1.165, 1.54) is 13.2 Å². The van der Waals surface area contributed by atoms with Crippen LogP contribution in [0.5, 0.6) is 11.5 Å². The molecule has 5 aromatic rings. The van der Waals surface area contributed by atoms with Gasteiger partial charge in [-0.1, -0.05) is 24.3 Å². The number of halogens is 2. The maximum atomic E-state index is 16.7. The van der Waals surface area contributed by atoms with Crippen LogP contribution in [0.25, 0.3) is 27.6 Å². The second kappa shape index (κ2) is 14.0. The molecule has 11 nitrogen and oxygen atoms in total. The molecule has 260 valence electrons. The van der Waals surface area contributed by atoms with E-state index < -0.39 is 11.6 Å². The zero-order chi connectivity index (χ0) is 34.8. The molecule has 0 radical (unpaired) electrons. The summed E-state index contributed by atoms with van der Waals surface area (Å²) < 4.78 is 43.1. The van der Waals surface area contributed by atoms with Gasteiger partial charge in [0.2, 0.25) is 5.91 Å². The molecule has 2 aromatic carbocycles. The number of ether oxygens (including phenoxy) is 2. The first kappa shape index (κ1) is 32.8. The highest BCUT2D eigenvalue weighted by molar-refractivity contribution is 6.05. The Morgan fingerprint density at radius 3 is 2.48 bits per heavy atom. The van der Waals surface area contributed by atoms with Crippen molar-refractivity contribution < 1.29 is 29.3 Å². The van der Waals surface area contributed by atoms with E-state index in [-0.39, 0.29) is 37.4 Å². The van der Waals surface area contributed by atoms with Gasteiger partial charge in [0, 0.05) is 88.6 Å². The van der Waals surface area contributed by atoms with Crippen molar-refractivity contribution in [3.05, 3.63) is 96.1 Å². The minimum absolute atomic E-state index is 0. The average molecular weight is 684 g/mol. The Kier molecular flexibility index (Phi) is 9.20. The van der Waals surface area contributed by atoms with E-state index in [9.17, 15) is 14.0 Å². The highest BCUT2D eigenvalue weighted by Gasteiger charge is 2.29. The van der Waals surface area contributed by atoms with Gasteiger partial charge in [0.15, 0.2) is 17.4 Å². The predicted molar refractivity (Wildman–Crippen MR) is 187 cm³/mol. The summed E-state index contributed by atoms with van der Waals surface area (Å²) in [6.45, 7) is 2.93. The van der Waals surface area contributed by atoms with Crippen LogP contribution < -0.4 is 14.4 Å². The van der Waals surface area contributed by atoms with Gasteiger partial charge in [-0.3, -0.25) is 14.3 Å². The van der Waals surface area contributed by atoms with Crippen LogP contribution in [0.2, 0.25) is 0 Å². The maximum absolute atomic E-state index is 16.7. The summed E-state index contributed by atoms with van der Waals surface area (Å²) in [7, 11) is 3.05. The van der Waals surface area contributed by atoms with E-state index >= 15 is 4.39 Å². The Balaban J connectivity index is 0.00000448. The van der Waals surface area contributed by atoms with Crippen molar-refractivity contribution in [1.29, 1.82) is 0 Å². The third kappa shape index (κ3) is 6.38. The first-order valence-corrected chi connectivity index (χ1v) is 16.5. The largest absolute Gasteiger partial charge is 0.496 e. The van der Waals surface area contributed by atoms with Gasteiger partial charge < -0.3 is 29.2 Å². The number of carbonyl (C=O) groups is 2. The first-order chi connectivity index (χ1) is 24.3. The first-order valence-electron chi connectivity index (χ1n) is 16.5. The number of nitrogens with one attached hydrogen (secondary N) is 1. The zero-order valence-corrected chi connectivity index (χ0v) is 27.9. The number of para-hydroxylation sites is 1. The molecule has 2 aliphatic rings. The van der Waals surface area contributed by atoms with Crippen molar-refractivity contribution in [1.82, 2.24) is 29.5 Å². The van der Waals surface area contributed by atoms with Gasteiger partial charge in [-0.25, -0.2) is 13.8 Å². The minimum Gasteiger partial charge on any atom is -0.496 e. The maximum Gasteiger partial charge on any atom is 0.270 e. The average Bonchev–Trinajstić information content (AvgIpc) is 3.85. The van der Waals surface area contributed by atoms with Crippen LogP contribution in [0.4, 0.5) is 14.6 Å². The Hall–Kier alpha value is -5.72. The zero-order valence-electron chi connectivity index (χ0n) is 27.9. The molecule has 1 fully saturated rings. The number of hydrogen-bond acceptors (Lipinski definition) is 7. The molecular weight excluding hydrogens is 644 g/mol. The van der Waals surface area contributed by atoms with Crippen LogP contribution in [-0.4, -0.2) is 94.9 Å². The Morgan fingerprint density at radius 2 is 1.72 bits per heavy atom. The summed E-state index contributed by atoms with van der Waals surface area (Å²) in [6.07, 6.45) is 7.49. The van der Waals surface area contributed by atoms with E-state index in [1.807, 2.05) is 47.5 Å². The number of nitrogens with zero attached hydrogens (tertiary/aromatic N) is 6. The highest BCUT2D eigenvalue weighted by atomic mass is 19.1. The lowest BCUT2D eigenvalue weighted by Gasteiger charge is -2.35. The molecule has 1 saturated heterocycles. The molecule has 5 heterocycles. The molecule has 13 heteroatoms. The minimum atomic E-state index is -0.492. The van der Waals surface area contributed by atoms with Crippen molar-refractivity contribution >= 4 is 34.1 Å². The number of aromatic nitrogens is 4. The number of rotatable bonds is 9. The normalized spacial score (nSPS) is 15.0. The van der Waals surface area contributed by atoms with Gasteiger partial charge in [0.25, 0.3) is 5.91 Å². The molecule has 7 rings (SSSR count). The second-order valence-corrected chi connectivity index (χ2v) is 12.3. The predicted octanol–water partition coefficient (Wildman–Crippen LogP) is 5.64. The van der Waals surface area contributed by atoms with Crippen LogP contribution in [0.15, 0.2) is 73.2 Å². The van der Waals surface area contributed by atoms with Crippen molar-refractivity contribution in [3.63, 3.8) is 0 Å². The molecule has 2 amide bonds. The quantitative estimate of drug-likeness (QED) is 0.214. The van der Waals surface area contributed by atoms with Crippen molar-refractivity contribution in [2.45, 2.75) is 19.4 Å². The lowest BCUT2D eigenvalue weighted by molar-refractivity contribution is -0.131. The van der Waals surface area contributed by atoms with Crippen LogP contribution >= 0.6 is 0 Å². The van der Waals surface area contributed by atoms with Gasteiger partial charge >= 0.3 is 0 Å². The fraction of sp³-hybridized carbons (Fsp3) is 0.297. The topological polar surface area (TPSA) is 109 Å². The van der Waals surface area contributed by atoms with Crippen LogP contribution in [-0.2, 0) is 11.3 Å². The lowest BCUT2D eigenvalue weighted by atomic mass is 9.93. The van der Waals surface area contributed by atoms with Crippen LogP contribution in [0.3, 0.4) is 0 Å². The Morgan fingerprint density at radius 1 is 0.920 bits per heavy atom. The van der Waals surface area contributed by atoms with E-state index in [1.54, 1.807) is 39.9 Å². The highest BCUT2D eigenvalue weighted by Crippen LogP contribution is 2.40. The number of aryl methyl sites for hydroxylation is 1. The van der Waals surface area contributed by atoms with Gasteiger partial charge in [-0.15, -0.1) is 0 Å². The molecule has 1 N–H and O–H groups in total. The van der Waals surface area contributed by atoms with Gasteiger partial charge in [0.1, 0.15) is 17.3 Å². The van der Waals surface area contributed by atoms with E-state index in [0.29, 0.717) is 85.1 Å². The molecule has 3 aromatic heterocycles. The van der Waals surface area contributed by atoms with Crippen molar-refractivity contribution in [3.8, 4) is 22.6 Å². The summed E-state index contributed by atoms with van der Waals surface area (Å²) >= 11 is 0. The number of methoxy groups -OCH3 is 2. The SMILES string of the molecule is COc1ccccc1-c1cc(C2=CCCN(C(=O)CCn3cccn3)C2)c(F)c2[nH]c(C(=O)N3CCN(c4ncc(F)cc4OC)CC3)cc12.[HH]. The number of amides is 2. The number of anilines is 1. The molecule has 0 aliphatic carbocycles. The number of benzene rings is 2. The van der Waals surface area contributed by atoms with E-state index in [4.69, 9.17) is 9.47 Å². The standard InChI is InChI=1S/C37H37F2N7O4.H2/c1-49-31-9-4-3-8-26(31)28-20-27(24-7-5-12-45(23-24)33(47)10-14-46-13-6-11-41-46)34(39)35-29(28)21-30(42-35)37(48)44-17-15-43(16-18-44)36-32(50-2)19-25(38)22-40-36;/h3-4,6-9,11,13,19-22,42H,5,10,12,14-18,23H2,1-2H3;1H. The van der Waals surface area contributed by atoms with Gasteiger partial charge in [0.05, 0.1) is 25.9 Å². The van der Waals surface area contributed by atoms with Crippen molar-refractivity contribution in [2.75, 3.05) is 58.4 Å². The third-order valence-corrected chi connectivity index (χ3v) is 9.33. The van der Waals surface area contributed by atoms with Crippen LogP contribution in [0, 0.1) is 11.6 Å². The molecule has 0 spiro atoms. The Bertz CT molecular complexity index is 2080. The molecule has 50 heavy (non-hydrogen) atoms. The number of piperazine rings is 1. The van der Waals surface area contributed by atoms with E-state index in [2.05, 4.69) is 15.1 Å². The number of carbonyl (C=O) groups excluding carboxylic acids is 2. The number of pyridine rings is 1. The second-order valence-electron chi connectivity index (χ2n) is 12.3. The lowest BCUT2D eigenvalue weighted by Crippen LogP contribution is -2.49. The molecule has 0 atom stereocenters. The molecule has 0 saturated carbocycles. The summed E-state index contributed by atoms with van der Waals surface area (Å²) in [5.74, 6) is 0.163. The smallest absolute Gasteiger partial charge is 0.270 e. The number of hydrogen-bond donors (Lipinski definition) is 1. The summed E-state index contributed by atoms with van der Waals surface area (Å²) in [5, 5.41) is 4.72. The summed E-state index contributed by atoms with van der Waals surface area (Å²) in [5.41, 5.74) is 2.96. The summed E-state index contributed by atoms with van der Waals surface area (Å²) in [6, 6.07) is 14.1. The molecular formula is C37H39F2N7O4. The van der Waals surface area contributed by atoms with Crippen molar-refractivity contribution in [2.24, 2.45) is 0 Å². The fourth-order valence-corrected chi connectivity index (χ4v) is 6.74. The molecule has 0 unspecified atom stereocenters. The number of fused-ring (bicyclic) bond motifs is 1. The van der Waals surface area contributed by atoms with E-state index in [0.717, 1.165) is 11.8 Å². The third-order valence-electron chi connectivity index (χ3n) is 9.33. The van der Waals surface area contributed by atoms with Crippen LogP contribution in [0.1, 0.15) is 30.3 Å². The number of aromatic amines is 1. The number of H-pyrrole nitrogens is 1. The fourth-order valence-electron chi connectivity index (χ4n) is 6.74. The Labute approximate surface area is 289 Å². The van der Waals surface area contributed by atoms with Gasteiger partial charge in [-0.2, -0.15) is 5.10 Å².